The molecule has 6 nitrogen and oxygen atoms in total. The lowest BCUT2D eigenvalue weighted by Gasteiger charge is -2.10. The quantitative estimate of drug-likeness (QED) is 0.246. The summed E-state index contributed by atoms with van der Waals surface area (Å²) in [6.45, 7) is 0. The summed E-state index contributed by atoms with van der Waals surface area (Å²) in [5.41, 5.74) is 0.791. The smallest absolute Gasteiger partial charge is 0.303 e. The minimum Gasteiger partial charge on any atom is -0.481 e. The van der Waals surface area contributed by atoms with Crippen LogP contribution in [-0.2, 0) is 20.7 Å². The zero-order valence-corrected chi connectivity index (χ0v) is 16.4. The number of unbranched alkanes of at least 4 members (excludes halogenated alkanes) is 4. The first kappa shape index (κ1) is 22.7. The van der Waals surface area contributed by atoms with E-state index in [1.165, 1.54) is 0 Å². The fourth-order valence-electron chi connectivity index (χ4n) is 2.33. The molecule has 0 saturated carbocycles. The van der Waals surface area contributed by atoms with Gasteiger partial charge < -0.3 is 15.0 Å². The number of benzene rings is 1. The summed E-state index contributed by atoms with van der Waals surface area (Å²) in [5.74, 6) is 0.312. The SMILES string of the molecule is O=C(O)CCCCCCC(=O)Nc1ccccc1SCCCCS(=O)O. The van der Waals surface area contributed by atoms with Crippen LogP contribution < -0.4 is 5.32 Å². The lowest BCUT2D eigenvalue weighted by Crippen LogP contribution is -2.11. The summed E-state index contributed by atoms with van der Waals surface area (Å²) >= 11 is -0.102. The Morgan fingerprint density at radius 3 is 2.38 bits per heavy atom. The van der Waals surface area contributed by atoms with Crippen molar-refractivity contribution in [3.8, 4) is 0 Å². The van der Waals surface area contributed by atoms with Crippen LogP contribution in [0.15, 0.2) is 29.2 Å². The summed E-state index contributed by atoms with van der Waals surface area (Å²) in [6, 6.07) is 7.62. The van der Waals surface area contributed by atoms with E-state index in [-0.39, 0.29) is 12.3 Å². The highest BCUT2D eigenvalue weighted by atomic mass is 32.2. The average Bonchev–Trinajstić information content (AvgIpc) is 2.58. The summed E-state index contributed by atoms with van der Waals surface area (Å²) in [6.07, 6.45) is 5.23. The molecule has 0 aliphatic heterocycles. The van der Waals surface area contributed by atoms with Crippen LogP contribution in [0.2, 0.25) is 0 Å². The molecule has 0 fully saturated rings. The van der Waals surface area contributed by atoms with Crippen molar-refractivity contribution in [2.75, 3.05) is 16.8 Å². The van der Waals surface area contributed by atoms with E-state index in [0.717, 1.165) is 42.0 Å². The summed E-state index contributed by atoms with van der Waals surface area (Å²) in [4.78, 5) is 23.5. The van der Waals surface area contributed by atoms with Crippen molar-refractivity contribution in [3.05, 3.63) is 24.3 Å². The Hall–Kier alpha value is -1.38. The van der Waals surface area contributed by atoms with Crippen LogP contribution in [0.4, 0.5) is 5.69 Å². The molecule has 1 atom stereocenters. The zero-order valence-electron chi connectivity index (χ0n) is 14.8. The average molecular weight is 402 g/mol. The molecule has 1 amide bonds. The van der Waals surface area contributed by atoms with Crippen molar-refractivity contribution in [1.82, 2.24) is 0 Å². The standard InChI is InChI=1S/C18H27NO5S2/c20-17(11-3-1-2-4-12-18(21)22)19-15-9-5-6-10-16(15)25-13-7-8-14-26(23)24/h5-6,9-10H,1-4,7-8,11-14H2,(H,19,20)(H,21,22)(H,23,24). The second-order valence-electron chi connectivity index (χ2n) is 5.93. The van der Waals surface area contributed by atoms with Crippen LogP contribution in [0.1, 0.15) is 51.4 Å². The van der Waals surface area contributed by atoms with Gasteiger partial charge in [-0.15, -0.1) is 11.8 Å². The monoisotopic (exact) mass is 401 g/mol. The molecule has 1 aromatic carbocycles. The van der Waals surface area contributed by atoms with Gasteiger partial charge in [-0.05, 0) is 43.6 Å². The molecule has 0 heterocycles. The Morgan fingerprint density at radius 1 is 1.00 bits per heavy atom. The van der Waals surface area contributed by atoms with Crippen molar-refractivity contribution in [2.45, 2.75) is 56.3 Å². The second-order valence-corrected chi connectivity index (χ2v) is 8.12. The first-order valence-corrected chi connectivity index (χ1v) is 11.1. The molecule has 0 aliphatic carbocycles. The van der Waals surface area contributed by atoms with E-state index >= 15 is 0 Å². The Morgan fingerprint density at radius 2 is 1.69 bits per heavy atom. The molecule has 0 aromatic heterocycles. The predicted octanol–water partition coefficient (Wildman–Crippen LogP) is 4.14. The number of anilines is 1. The van der Waals surface area contributed by atoms with Crippen LogP contribution in [0.25, 0.3) is 0 Å². The van der Waals surface area contributed by atoms with E-state index in [2.05, 4.69) is 5.32 Å². The van der Waals surface area contributed by atoms with Gasteiger partial charge in [-0.25, -0.2) is 4.21 Å². The molecule has 1 aromatic rings. The van der Waals surface area contributed by atoms with E-state index in [4.69, 9.17) is 9.66 Å². The molecule has 0 bridgehead atoms. The van der Waals surface area contributed by atoms with Gasteiger partial charge in [0.15, 0.2) is 11.1 Å². The van der Waals surface area contributed by atoms with Gasteiger partial charge in [-0.3, -0.25) is 9.59 Å². The first-order chi connectivity index (χ1) is 12.5. The zero-order chi connectivity index (χ0) is 19.2. The van der Waals surface area contributed by atoms with Gasteiger partial charge in [-0.2, -0.15) is 0 Å². The molecule has 8 heteroatoms. The molecular weight excluding hydrogens is 374 g/mol. The first-order valence-electron chi connectivity index (χ1n) is 8.80. The van der Waals surface area contributed by atoms with Crippen molar-refractivity contribution in [3.63, 3.8) is 0 Å². The minimum atomic E-state index is -1.73. The van der Waals surface area contributed by atoms with Gasteiger partial charge in [0.25, 0.3) is 0 Å². The number of carbonyl (C=O) groups is 2. The molecule has 1 rings (SSSR count). The van der Waals surface area contributed by atoms with E-state index in [0.29, 0.717) is 25.0 Å². The number of amides is 1. The summed E-state index contributed by atoms with van der Waals surface area (Å²) in [7, 11) is 0. The molecule has 0 aliphatic rings. The lowest BCUT2D eigenvalue weighted by atomic mass is 10.1. The number of carboxylic acids is 1. The number of carboxylic acid groups (broad SMARTS) is 1. The Kier molecular flexibility index (Phi) is 12.0. The van der Waals surface area contributed by atoms with Crippen molar-refractivity contribution in [2.24, 2.45) is 0 Å². The highest BCUT2D eigenvalue weighted by molar-refractivity contribution is 7.99. The fraction of sp³-hybridized carbons (Fsp3) is 0.556. The number of nitrogens with one attached hydrogen (secondary N) is 1. The molecule has 26 heavy (non-hydrogen) atoms. The molecule has 0 spiro atoms. The maximum absolute atomic E-state index is 12.1. The van der Waals surface area contributed by atoms with Crippen molar-refractivity contribution in [1.29, 1.82) is 0 Å². The number of carbonyl (C=O) groups excluding carboxylic acids is 1. The molecule has 1 unspecified atom stereocenters. The third-order valence-electron chi connectivity index (χ3n) is 3.68. The molecule has 0 radical (unpaired) electrons. The summed E-state index contributed by atoms with van der Waals surface area (Å²) < 4.78 is 19.4. The van der Waals surface area contributed by atoms with E-state index < -0.39 is 17.0 Å². The topological polar surface area (TPSA) is 104 Å². The molecule has 3 N–H and O–H groups in total. The van der Waals surface area contributed by atoms with Gasteiger partial charge in [0, 0.05) is 23.5 Å². The van der Waals surface area contributed by atoms with Gasteiger partial charge in [0.1, 0.15) is 0 Å². The van der Waals surface area contributed by atoms with Crippen LogP contribution in [0.3, 0.4) is 0 Å². The normalized spacial score (nSPS) is 11.9. The van der Waals surface area contributed by atoms with E-state index in [9.17, 15) is 13.8 Å². The van der Waals surface area contributed by atoms with Crippen LogP contribution in [0, 0.1) is 0 Å². The van der Waals surface area contributed by atoms with Crippen molar-refractivity contribution >= 4 is 40.4 Å². The highest BCUT2D eigenvalue weighted by Gasteiger charge is 2.07. The molecule has 146 valence electrons. The third kappa shape index (κ3) is 11.3. The van der Waals surface area contributed by atoms with Gasteiger partial charge in [-0.1, -0.05) is 25.0 Å². The number of hydrogen-bond donors (Lipinski definition) is 3. The third-order valence-corrected chi connectivity index (χ3v) is 5.47. The Labute approximate surface area is 161 Å². The van der Waals surface area contributed by atoms with Gasteiger partial charge in [0.05, 0.1) is 5.69 Å². The van der Waals surface area contributed by atoms with Gasteiger partial charge >= 0.3 is 5.97 Å². The van der Waals surface area contributed by atoms with E-state index in [1.54, 1.807) is 11.8 Å². The van der Waals surface area contributed by atoms with Crippen LogP contribution in [-0.4, -0.2) is 37.3 Å². The summed E-state index contributed by atoms with van der Waals surface area (Å²) in [5, 5.41) is 11.5. The number of aliphatic carboxylic acids is 1. The maximum atomic E-state index is 12.1. The lowest BCUT2D eigenvalue weighted by molar-refractivity contribution is -0.137. The second kappa shape index (κ2) is 13.8. The fourth-order valence-corrected chi connectivity index (χ4v) is 3.80. The number of para-hydroxylation sites is 1. The van der Waals surface area contributed by atoms with Crippen LogP contribution >= 0.6 is 11.8 Å². The number of rotatable bonds is 14. The minimum absolute atomic E-state index is 0.0352. The van der Waals surface area contributed by atoms with Gasteiger partial charge in [0.2, 0.25) is 5.91 Å². The largest absolute Gasteiger partial charge is 0.481 e. The number of hydrogen-bond acceptors (Lipinski definition) is 4. The molecular formula is C18H27NO5S2. The number of thioether (sulfide) groups is 1. The molecule has 0 saturated heterocycles. The highest BCUT2D eigenvalue weighted by Crippen LogP contribution is 2.28. The Balaban J connectivity index is 2.29. The Bertz CT molecular complexity index is 595. The van der Waals surface area contributed by atoms with Crippen molar-refractivity contribution < 1.29 is 23.5 Å². The predicted molar refractivity (Wildman–Crippen MR) is 106 cm³/mol. The van der Waals surface area contributed by atoms with E-state index in [1.807, 2.05) is 24.3 Å². The van der Waals surface area contributed by atoms with Crippen LogP contribution in [0.5, 0.6) is 0 Å². The maximum Gasteiger partial charge on any atom is 0.303 e.